The van der Waals surface area contributed by atoms with Gasteiger partial charge in [0.2, 0.25) is 0 Å². The third-order valence-electron chi connectivity index (χ3n) is 3.10. The fourth-order valence-corrected chi connectivity index (χ4v) is 2.86. The summed E-state index contributed by atoms with van der Waals surface area (Å²) in [7, 11) is -3.62. The molecule has 0 bridgehead atoms. The third kappa shape index (κ3) is 4.01. The molecule has 0 spiro atoms. The predicted octanol–water partition coefficient (Wildman–Crippen LogP) is 1.16. The highest BCUT2D eigenvalue weighted by atomic mass is 32.2. The zero-order valence-electron chi connectivity index (χ0n) is 12.1. The van der Waals surface area contributed by atoms with Gasteiger partial charge in [0, 0.05) is 6.26 Å². The lowest BCUT2D eigenvalue weighted by molar-refractivity contribution is 0.0998. The molecule has 1 unspecified atom stereocenters. The highest BCUT2D eigenvalue weighted by Crippen LogP contribution is 2.29. The Balaban J connectivity index is 3.60. The number of benzene rings is 1. The van der Waals surface area contributed by atoms with E-state index in [0.717, 1.165) is 18.4 Å². The molecule has 0 aliphatic heterocycles. The van der Waals surface area contributed by atoms with Crippen LogP contribution in [0.15, 0.2) is 22.0 Å². The van der Waals surface area contributed by atoms with Crippen molar-refractivity contribution in [2.75, 3.05) is 6.26 Å². The van der Waals surface area contributed by atoms with E-state index in [0.29, 0.717) is 12.0 Å². The van der Waals surface area contributed by atoms with E-state index in [1.807, 2.05) is 6.92 Å². The zero-order valence-corrected chi connectivity index (χ0v) is 12.9. The molecular formula is C13H18FN3O3S. The molecule has 0 saturated carbocycles. The van der Waals surface area contributed by atoms with E-state index in [9.17, 15) is 17.6 Å². The summed E-state index contributed by atoms with van der Waals surface area (Å²) < 4.78 is 37.8. The molecule has 0 fully saturated rings. The summed E-state index contributed by atoms with van der Waals surface area (Å²) in [5, 5.41) is 0. The molecule has 0 aromatic heterocycles. The number of sulfone groups is 1. The highest BCUT2D eigenvalue weighted by molar-refractivity contribution is 7.90. The van der Waals surface area contributed by atoms with Crippen molar-refractivity contribution in [1.82, 2.24) is 0 Å². The number of amides is 1. The number of halogens is 1. The molecule has 0 heterocycles. The summed E-state index contributed by atoms with van der Waals surface area (Å²) in [6.07, 6.45) is 1.63. The molecular weight excluding hydrogens is 297 g/mol. The second-order valence-electron chi connectivity index (χ2n) is 4.79. The van der Waals surface area contributed by atoms with E-state index in [1.165, 1.54) is 0 Å². The van der Waals surface area contributed by atoms with E-state index in [1.54, 1.807) is 6.92 Å². The monoisotopic (exact) mass is 315 g/mol. The van der Waals surface area contributed by atoms with Crippen molar-refractivity contribution in [3.05, 3.63) is 29.1 Å². The van der Waals surface area contributed by atoms with Gasteiger partial charge in [-0.05, 0) is 30.0 Å². The summed E-state index contributed by atoms with van der Waals surface area (Å²) in [6, 6.07) is 2.04. The zero-order chi connectivity index (χ0) is 16.4. The van der Waals surface area contributed by atoms with Crippen molar-refractivity contribution in [2.45, 2.75) is 31.1 Å². The number of rotatable bonds is 4. The van der Waals surface area contributed by atoms with E-state index in [2.05, 4.69) is 4.99 Å². The van der Waals surface area contributed by atoms with Crippen molar-refractivity contribution in [3.8, 4) is 0 Å². The molecule has 1 amide bonds. The maximum atomic E-state index is 14.0. The fraction of sp³-hybridized carbons (Fsp3) is 0.385. The van der Waals surface area contributed by atoms with Crippen molar-refractivity contribution < 1.29 is 17.6 Å². The molecule has 116 valence electrons. The topological polar surface area (TPSA) is 116 Å². The normalized spacial score (nSPS) is 12.8. The number of nitrogens with two attached hydrogens (primary N) is 2. The van der Waals surface area contributed by atoms with E-state index >= 15 is 0 Å². The van der Waals surface area contributed by atoms with E-state index in [-0.39, 0.29) is 10.8 Å². The average molecular weight is 315 g/mol. The van der Waals surface area contributed by atoms with Crippen LogP contribution in [0.1, 0.15) is 42.1 Å². The van der Waals surface area contributed by atoms with Gasteiger partial charge in [-0.25, -0.2) is 12.8 Å². The Hall–Kier alpha value is -1.96. The average Bonchev–Trinajstić information content (AvgIpc) is 2.34. The van der Waals surface area contributed by atoms with Crippen molar-refractivity contribution >= 4 is 21.7 Å². The first-order valence-corrected chi connectivity index (χ1v) is 8.14. The Bertz CT molecular complexity index is 695. The Labute approximate surface area is 123 Å². The summed E-state index contributed by atoms with van der Waals surface area (Å²) >= 11 is 0. The van der Waals surface area contributed by atoms with Gasteiger partial charge in [-0.1, -0.05) is 13.8 Å². The second-order valence-corrected chi connectivity index (χ2v) is 6.78. The Morgan fingerprint density at radius 2 is 1.95 bits per heavy atom. The SMILES string of the molecule is CCC(C)c1cc(F)c(C(=O)N=C(N)N)cc1S(C)(=O)=O. The third-order valence-corrected chi connectivity index (χ3v) is 4.26. The van der Waals surface area contributed by atoms with Gasteiger partial charge in [-0.2, -0.15) is 4.99 Å². The maximum Gasteiger partial charge on any atom is 0.283 e. The Kier molecular flexibility index (Phi) is 5.06. The van der Waals surface area contributed by atoms with Crippen LogP contribution in [0.4, 0.5) is 4.39 Å². The molecule has 1 aromatic carbocycles. The molecule has 0 aliphatic carbocycles. The Morgan fingerprint density at radius 3 is 2.38 bits per heavy atom. The first-order chi connectivity index (χ1) is 9.57. The molecule has 0 radical (unpaired) electrons. The summed E-state index contributed by atoms with van der Waals surface area (Å²) in [4.78, 5) is 14.9. The predicted molar refractivity (Wildman–Crippen MR) is 78.4 cm³/mol. The quantitative estimate of drug-likeness (QED) is 0.491. The van der Waals surface area contributed by atoms with Crippen LogP contribution in [0.25, 0.3) is 0 Å². The fourth-order valence-electron chi connectivity index (χ4n) is 1.84. The molecule has 1 atom stereocenters. The molecule has 8 heteroatoms. The number of hydrogen-bond donors (Lipinski definition) is 2. The van der Waals surface area contributed by atoms with Gasteiger partial charge in [0.1, 0.15) is 5.82 Å². The first-order valence-electron chi connectivity index (χ1n) is 6.25. The van der Waals surface area contributed by atoms with Crippen molar-refractivity contribution in [2.24, 2.45) is 16.5 Å². The number of hydrogen-bond acceptors (Lipinski definition) is 3. The van der Waals surface area contributed by atoms with Crippen LogP contribution >= 0.6 is 0 Å². The van der Waals surface area contributed by atoms with Crippen LogP contribution in [0.3, 0.4) is 0 Å². The summed E-state index contributed by atoms with van der Waals surface area (Å²) in [5.41, 5.74) is 10.00. The van der Waals surface area contributed by atoms with Gasteiger partial charge < -0.3 is 11.5 Å². The van der Waals surface area contributed by atoms with Gasteiger partial charge >= 0.3 is 0 Å². The van der Waals surface area contributed by atoms with Crippen LogP contribution in [0, 0.1) is 5.82 Å². The van der Waals surface area contributed by atoms with Crippen LogP contribution in [0.2, 0.25) is 0 Å². The van der Waals surface area contributed by atoms with Gasteiger partial charge in [-0.15, -0.1) is 0 Å². The van der Waals surface area contributed by atoms with Crippen molar-refractivity contribution in [1.29, 1.82) is 0 Å². The lowest BCUT2D eigenvalue weighted by Crippen LogP contribution is -2.24. The lowest BCUT2D eigenvalue weighted by Gasteiger charge is -2.15. The molecule has 1 rings (SSSR count). The van der Waals surface area contributed by atoms with E-state index in [4.69, 9.17) is 11.5 Å². The number of carbonyl (C=O) groups is 1. The van der Waals surface area contributed by atoms with Crippen LogP contribution < -0.4 is 11.5 Å². The molecule has 6 nitrogen and oxygen atoms in total. The van der Waals surface area contributed by atoms with Gasteiger partial charge in [0.25, 0.3) is 5.91 Å². The standard InChI is InChI=1S/C13H18FN3O3S/c1-4-7(2)8-5-10(14)9(12(18)17-13(15)16)6-11(8)21(3,19)20/h5-7H,4H2,1-3H3,(H4,15,16,17,18). The van der Waals surface area contributed by atoms with Crippen LogP contribution in [-0.2, 0) is 9.84 Å². The number of aliphatic imine (C=N–C) groups is 1. The minimum Gasteiger partial charge on any atom is -0.370 e. The molecule has 1 aromatic rings. The van der Waals surface area contributed by atoms with Gasteiger partial charge in [0.15, 0.2) is 15.8 Å². The molecule has 0 saturated heterocycles. The number of guanidine groups is 1. The smallest absolute Gasteiger partial charge is 0.283 e. The lowest BCUT2D eigenvalue weighted by atomic mass is 9.97. The minimum absolute atomic E-state index is 0.0904. The second kappa shape index (κ2) is 6.21. The summed E-state index contributed by atoms with van der Waals surface area (Å²) in [5.74, 6) is -2.57. The van der Waals surface area contributed by atoms with Crippen LogP contribution in [0.5, 0.6) is 0 Å². The highest BCUT2D eigenvalue weighted by Gasteiger charge is 2.23. The largest absolute Gasteiger partial charge is 0.370 e. The maximum absolute atomic E-state index is 14.0. The molecule has 21 heavy (non-hydrogen) atoms. The molecule has 4 N–H and O–H groups in total. The summed E-state index contributed by atoms with van der Waals surface area (Å²) in [6.45, 7) is 3.63. The van der Waals surface area contributed by atoms with Crippen LogP contribution in [-0.4, -0.2) is 26.5 Å². The van der Waals surface area contributed by atoms with Gasteiger partial charge in [-0.3, -0.25) is 4.79 Å². The number of carbonyl (C=O) groups excluding carboxylic acids is 1. The minimum atomic E-state index is -3.62. The van der Waals surface area contributed by atoms with Gasteiger partial charge in [0.05, 0.1) is 10.5 Å². The number of nitrogens with zero attached hydrogens (tertiary/aromatic N) is 1. The first kappa shape index (κ1) is 17.1. The van der Waals surface area contributed by atoms with E-state index < -0.39 is 33.1 Å². The van der Waals surface area contributed by atoms with Crippen molar-refractivity contribution in [3.63, 3.8) is 0 Å². The Morgan fingerprint density at radius 1 is 1.38 bits per heavy atom. The molecule has 0 aliphatic rings.